The first-order chi connectivity index (χ1) is 9.35. The van der Waals surface area contributed by atoms with Crippen LogP contribution in [0, 0.1) is 0 Å². The lowest BCUT2D eigenvalue weighted by atomic mass is 9.89. The maximum atomic E-state index is 5.32. The van der Waals surface area contributed by atoms with Gasteiger partial charge < -0.3 is 10.1 Å². The van der Waals surface area contributed by atoms with E-state index >= 15 is 0 Å². The van der Waals surface area contributed by atoms with E-state index in [1.165, 1.54) is 11.3 Å². The van der Waals surface area contributed by atoms with Crippen molar-refractivity contribution in [2.75, 3.05) is 12.4 Å². The number of anilines is 1. The highest BCUT2D eigenvalue weighted by molar-refractivity contribution is 5.52. The molecule has 0 amide bonds. The zero-order valence-corrected chi connectivity index (χ0v) is 11.1. The van der Waals surface area contributed by atoms with Gasteiger partial charge in [0.15, 0.2) is 0 Å². The van der Waals surface area contributed by atoms with E-state index in [1.807, 2.05) is 23.1 Å². The molecule has 0 saturated heterocycles. The van der Waals surface area contributed by atoms with Crippen LogP contribution in [-0.2, 0) is 11.3 Å². The third-order valence-corrected chi connectivity index (χ3v) is 3.70. The summed E-state index contributed by atoms with van der Waals surface area (Å²) in [4.78, 5) is 0. The summed E-state index contributed by atoms with van der Waals surface area (Å²) in [6, 6.07) is 10.9. The van der Waals surface area contributed by atoms with Crippen molar-refractivity contribution in [3.05, 3.63) is 48.3 Å². The summed E-state index contributed by atoms with van der Waals surface area (Å²) in [6.07, 6.45) is 6.40. The lowest BCUT2D eigenvalue weighted by Crippen LogP contribution is -2.40. The minimum absolute atomic E-state index is 0.427. The molecule has 1 aliphatic rings. The van der Waals surface area contributed by atoms with Crippen molar-refractivity contribution in [3.8, 4) is 0 Å². The molecule has 0 unspecified atom stereocenters. The average molecular weight is 257 g/mol. The Morgan fingerprint density at radius 3 is 2.89 bits per heavy atom. The first-order valence-corrected chi connectivity index (χ1v) is 6.70. The molecule has 2 aromatic rings. The maximum Gasteiger partial charge on any atom is 0.0679 e. The van der Waals surface area contributed by atoms with Crippen molar-refractivity contribution in [2.24, 2.45) is 0 Å². The Morgan fingerprint density at radius 2 is 2.16 bits per heavy atom. The van der Waals surface area contributed by atoms with Gasteiger partial charge in [0.25, 0.3) is 0 Å². The lowest BCUT2D eigenvalue weighted by molar-refractivity contribution is 0.0328. The van der Waals surface area contributed by atoms with Gasteiger partial charge in [-0.2, -0.15) is 5.10 Å². The van der Waals surface area contributed by atoms with Crippen LogP contribution in [0.2, 0.25) is 0 Å². The molecule has 1 saturated carbocycles. The summed E-state index contributed by atoms with van der Waals surface area (Å²) in [5.41, 5.74) is 2.48. The number of aromatic nitrogens is 2. The minimum Gasteiger partial charge on any atom is -0.382 e. The number of benzene rings is 1. The Hall–Kier alpha value is -1.81. The van der Waals surface area contributed by atoms with Crippen LogP contribution in [-0.4, -0.2) is 29.0 Å². The van der Waals surface area contributed by atoms with Gasteiger partial charge in [0.05, 0.1) is 12.6 Å². The highest BCUT2D eigenvalue weighted by Crippen LogP contribution is 2.27. The van der Waals surface area contributed by atoms with Gasteiger partial charge in [-0.15, -0.1) is 0 Å². The molecule has 1 fully saturated rings. The lowest BCUT2D eigenvalue weighted by Gasteiger charge is -2.35. The highest BCUT2D eigenvalue weighted by atomic mass is 16.5. The molecule has 1 aliphatic carbocycles. The fourth-order valence-electron chi connectivity index (χ4n) is 2.46. The molecule has 1 aromatic heterocycles. The van der Waals surface area contributed by atoms with Crippen LogP contribution in [0.25, 0.3) is 0 Å². The second-order valence-electron chi connectivity index (χ2n) is 5.03. The Bertz CT molecular complexity index is 518. The Morgan fingerprint density at radius 1 is 1.32 bits per heavy atom. The van der Waals surface area contributed by atoms with E-state index in [0.29, 0.717) is 12.1 Å². The van der Waals surface area contributed by atoms with Crippen molar-refractivity contribution in [3.63, 3.8) is 0 Å². The fourth-order valence-corrected chi connectivity index (χ4v) is 2.46. The molecule has 4 heteroatoms. The van der Waals surface area contributed by atoms with Gasteiger partial charge in [-0.25, -0.2) is 0 Å². The molecular formula is C15H19N3O. The SMILES string of the molecule is COC1CC(Nc2ccccc2Cn2cccn2)C1. The van der Waals surface area contributed by atoms with Crippen LogP contribution in [0.4, 0.5) is 5.69 Å². The van der Waals surface area contributed by atoms with Gasteiger partial charge >= 0.3 is 0 Å². The first kappa shape index (κ1) is 12.2. The quantitative estimate of drug-likeness (QED) is 0.894. The molecule has 1 N–H and O–H groups in total. The van der Waals surface area contributed by atoms with Crippen LogP contribution in [0.3, 0.4) is 0 Å². The standard InChI is InChI=1S/C15H19N3O/c1-19-14-9-13(10-14)17-15-6-3-2-5-12(15)11-18-8-4-7-16-18/h2-8,13-14,17H,9-11H2,1H3. The molecule has 0 bridgehead atoms. The minimum atomic E-state index is 0.427. The van der Waals surface area contributed by atoms with Crippen LogP contribution < -0.4 is 5.32 Å². The molecule has 0 aliphatic heterocycles. The van der Waals surface area contributed by atoms with E-state index in [9.17, 15) is 0 Å². The van der Waals surface area contributed by atoms with E-state index in [4.69, 9.17) is 4.74 Å². The Labute approximate surface area is 113 Å². The molecule has 0 spiro atoms. The van der Waals surface area contributed by atoms with Crippen molar-refractivity contribution >= 4 is 5.69 Å². The average Bonchev–Trinajstić information content (AvgIpc) is 2.88. The highest BCUT2D eigenvalue weighted by Gasteiger charge is 2.29. The van der Waals surface area contributed by atoms with Gasteiger partial charge in [0.1, 0.15) is 0 Å². The third kappa shape index (κ3) is 2.79. The second kappa shape index (κ2) is 5.45. The third-order valence-electron chi connectivity index (χ3n) is 3.70. The van der Waals surface area contributed by atoms with Crippen molar-refractivity contribution in [2.45, 2.75) is 31.5 Å². The number of hydrogen-bond donors (Lipinski definition) is 1. The maximum absolute atomic E-state index is 5.32. The Kier molecular flexibility index (Phi) is 3.51. The zero-order chi connectivity index (χ0) is 13.1. The van der Waals surface area contributed by atoms with Crippen LogP contribution in [0.1, 0.15) is 18.4 Å². The Balaban J connectivity index is 1.67. The molecular weight excluding hydrogens is 238 g/mol. The molecule has 19 heavy (non-hydrogen) atoms. The first-order valence-electron chi connectivity index (χ1n) is 6.70. The monoisotopic (exact) mass is 257 g/mol. The topological polar surface area (TPSA) is 39.1 Å². The molecule has 100 valence electrons. The summed E-state index contributed by atoms with van der Waals surface area (Å²) in [6.45, 7) is 0.802. The molecule has 0 radical (unpaired) electrons. The number of para-hydroxylation sites is 1. The largest absolute Gasteiger partial charge is 0.382 e. The van der Waals surface area contributed by atoms with Gasteiger partial charge in [-0.3, -0.25) is 4.68 Å². The van der Waals surface area contributed by atoms with Crippen molar-refractivity contribution in [1.29, 1.82) is 0 Å². The van der Waals surface area contributed by atoms with Crippen LogP contribution >= 0.6 is 0 Å². The molecule has 4 nitrogen and oxygen atoms in total. The molecule has 1 aromatic carbocycles. The smallest absolute Gasteiger partial charge is 0.0679 e. The number of ether oxygens (including phenoxy) is 1. The van der Waals surface area contributed by atoms with E-state index in [1.54, 1.807) is 7.11 Å². The number of hydrogen-bond acceptors (Lipinski definition) is 3. The van der Waals surface area contributed by atoms with Gasteiger partial charge in [-0.1, -0.05) is 18.2 Å². The van der Waals surface area contributed by atoms with Crippen molar-refractivity contribution < 1.29 is 4.74 Å². The van der Waals surface area contributed by atoms with E-state index in [-0.39, 0.29) is 0 Å². The summed E-state index contributed by atoms with van der Waals surface area (Å²) in [7, 11) is 1.78. The fraction of sp³-hybridized carbons (Fsp3) is 0.400. The number of methoxy groups -OCH3 is 1. The van der Waals surface area contributed by atoms with Gasteiger partial charge in [-0.05, 0) is 30.5 Å². The van der Waals surface area contributed by atoms with Gasteiger partial charge in [0, 0.05) is 31.2 Å². The molecule has 0 atom stereocenters. The number of rotatable bonds is 5. The number of nitrogens with zero attached hydrogens (tertiary/aromatic N) is 2. The van der Waals surface area contributed by atoms with E-state index in [2.05, 4.69) is 34.7 Å². The van der Waals surface area contributed by atoms with Crippen molar-refractivity contribution in [1.82, 2.24) is 9.78 Å². The molecule has 1 heterocycles. The predicted octanol–water partition coefficient (Wildman–Crippen LogP) is 2.52. The summed E-state index contributed by atoms with van der Waals surface area (Å²) >= 11 is 0. The number of nitrogens with one attached hydrogen (secondary N) is 1. The normalized spacial score (nSPS) is 21.9. The molecule has 3 rings (SSSR count). The second-order valence-corrected chi connectivity index (χ2v) is 5.03. The summed E-state index contributed by atoms with van der Waals surface area (Å²) in [5.74, 6) is 0. The van der Waals surface area contributed by atoms with E-state index in [0.717, 1.165) is 19.4 Å². The predicted molar refractivity (Wildman–Crippen MR) is 75.2 cm³/mol. The zero-order valence-electron chi connectivity index (χ0n) is 11.1. The van der Waals surface area contributed by atoms with Crippen LogP contribution in [0.5, 0.6) is 0 Å². The summed E-state index contributed by atoms with van der Waals surface area (Å²) < 4.78 is 7.26. The van der Waals surface area contributed by atoms with Gasteiger partial charge in [0.2, 0.25) is 0 Å². The van der Waals surface area contributed by atoms with Crippen LogP contribution in [0.15, 0.2) is 42.7 Å². The summed E-state index contributed by atoms with van der Waals surface area (Å²) in [5, 5.41) is 7.86. The van der Waals surface area contributed by atoms with E-state index < -0.39 is 0 Å².